The average molecular weight is 381 g/mol. The van der Waals surface area contributed by atoms with Gasteiger partial charge in [-0.25, -0.2) is 0 Å². The van der Waals surface area contributed by atoms with Gasteiger partial charge in [-0.15, -0.1) is 0 Å². The van der Waals surface area contributed by atoms with Crippen LogP contribution in [0.2, 0.25) is 0 Å². The average Bonchev–Trinajstić information content (AvgIpc) is 2.72. The second-order valence-electron chi connectivity index (χ2n) is 7.93. The Morgan fingerprint density at radius 2 is 1.93 bits per heavy atom. The summed E-state index contributed by atoms with van der Waals surface area (Å²) in [6.07, 6.45) is 6.21. The van der Waals surface area contributed by atoms with E-state index in [1.165, 1.54) is 18.4 Å². The maximum absolute atomic E-state index is 12.4. The third-order valence-corrected chi connectivity index (χ3v) is 5.39. The summed E-state index contributed by atoms with van der Waals surface area (Å²) < 4.78 is 0. The SMILES string of the molecule is CN(C)CCCNC(=O)c1cc(N2CCC(Cc3ccccc3)CC2)ccn1. The van der Waals surface area contributed by atoms with E-state index in [-0.39, 0.29) is 5.91 Å². The molecule has 0 aliphatic carbocycles. The van der Waals surface area contributed by atoms with Crippen molar-refractivity contribution >= 4 is 11.6 Å². The molecule has 1 aliphatic heterocycles. The van der Waals surface area contributed by atoms with Crippen LogP contribution in [-0.2, 0) is 6.42 Å². The highest BCUT2D eigenvalue weighted by Gasteiger charge is 2.20. The van der Waals surface area contributed by atoms with Crippen LogP contribution in [0.25, 0.3) is 0 Å². The molecule has 0 atom stereocenters. The number of nitrogens with zero attached hydrogens (tertiary/aromatic N) is 3. The first-order chi connectivity index (χ1) is 13.6. The van der Waals surface area contributed by atoms with Gasteiger partial charge in [-0.1, -0.05) is 30.3 Å². The number of anilines is 1. The van der Waals surface area contributed by atoms with Gasteiger partial charge >= 0.3 is 0 Å². The van der Waals surface area contributed by atoms with E-state index in [0.29, 0.717) is 12.2 Å². The standard InChI is InChI=1S/C23H32N4O/c1-26(2)14-6-12-25-23(28)22-18-21(9-13-24-22)27-15-10-20(11-16-27)17-19-7-4-3-5-8-19/h3-5,7-9,13,18,20H,6,10-12,14-17H2,1-2H3,(H,25,28). The van der Waals surface area contributed by atoms with Crippen LogP contribution in [0.15, 0.2) is 48.7 Å². The molecule has 0 bridgehead atoms. The Morgan fingerprint density at radius 3 is 2.64 bits per heavy atom. The molecular formula is C23H32N4O. The molecule has 0 saturated carbocycles. The van der Waals surface area contributed by atoms with Gasteiger partial charge in [0.1, 0.15) is 5.69 Å². The summed E-state index contributed by atoms with van der Waals surface area (Å²) in [6.45, 7) is 3.70. The topological polar surface area (TPSA) is 48.5 Å². The fraction of sp³-hybridized carbons (Fsp3) is 0.478. The highest BCUT2D eigenvalue weighted by molar-refractivity contribution is 5.93. The Morgan fingerprint density at radius 1 is 1.18 bits per heavy atom. The Bertz CT molecular complexity index is 739. The molecule has 2 aromatic rings. The summed E-state index contributed by atoms with van der Waals surface area (Å²) in [7, 11) is 4.08. The molecule has 2 heterocycles. The van der Waals surface area contributed by atoms with Gasteiger partial charge in [0.2, 0.25) is 0 Å². The molecule has 1 saturated heterocycles. The van der Waals surface area contributed by atoms with E-state index in [4.69, 9.17) is 0 Å². The van der Waals surface area contributed by atoms with Gasteiger partial charge in [-0.3, -0.25) is 9.78 Å². The molecule has 1 fully saturated rings. The van der Waals surface area contributed by atoms with E-state index < -0.39 is 0 Å². The molecule has 1 aromatic carbocycles. The first-order valence-electron chi connectivity index (χ1n) is 10.3. The van der Waals surface area contributed by atoms with Crippen molar-refractivity contribution < 1.29 is 4.79 Å². The minimum atomic E-state index is -0.0837. The van der Waals surface area contributed by atoms with Crippen LogP contribution in [0.4, 0.5) is 5.69 Å². The number of amides is 1. The minimum Gasteiger partial charge on any atom is -0.371 e. The fourth-order valence-corrected chi connectivity index (χ4v) is 3.77. The molecular weight excluding hydrogens is 348 g/mol. The number of piperidine rings is 1. The first-order valence-corrected chi connectivity index (χ1v) is 10.3. The summed E-state index contributed by atoms with van der Waals surface area (Å²) >= 11 is 0. The molecule has 0 radical (unpaired) electrons. The number of hydrogen-bond donors (Lipinski definition) is 1. The molecule has 0 unspecified atom stereocenters. The Balaban J connectivity index is 1.49. The number of benzene rings is 1. The van der Waals surface area contributed by atoms with Crippen molar-refractivity contribution in [2.24, 2.45) is 5.92 Å². The number of carbonyl (C=O) groups is 1. The number of pyridine rings is 1. The molecule has 1 aromatic heterocycles. The van der Waals surface area contributed by atoms with Gasteiger partial charge in [0.25, 0.3) is 5.91 Å². The van der Waals surface area contributed by atoms with E-state index in [1.807, 2.05) is 26.2 Å². The molecule has 1 amide bonds. The van der Waals surface area contributed by atoms with Crippen LogP contribution in [0.1, 0.15) is 35.3 Å². The van der Waals surface area contributed by atoms with Crippen molar-refractivity contribution in [3.8, 4) is 0 Å². The molecule has 5 heteroatoms. The van der Waals surface area contributed by atoms with Gasteiger partial charge < -0.3 is 15.1 Å². The van der Waals surface area contributed by atoms with Crippen molar-refractivity contribution in [3.05, 3.63) is 59.9 Å². The highest BCUT2D eigenvalue weighted by Crippen LogP contribution is 2.25. The van der Waals surface area contributed by atoms with Gasteiger partial charge in [0.05, 0.1) is 0 Å². The van der Waals surface area contributed by atoms with Crippen LogP contribution in [0.3, 0.4) is 0 Å². The Hall–Kier alpha value is -2.40. The van der Waals surface area contributed by atoms with Crippen molar-refractivity contribution in [1.82, 2.24) is 15.2 Å². The third kappa shape index (κ3) is 6.06. The Kier molecular flexibility index (Phi) is 7.43. The molecule has 1 aliphatic rings. The lowest BCUT2D eigenvalue weighted by Gasteiger charge is -2.33. The number of rotatable bonds is 8. The lowest BCUT2D eigenvalue weighted by Crippen LogP contribution is -2.34. The molecule has 150 valence electrons. The van der Waals surface area contributed by atoms with E-state index in [0.717, 1.165) is 44.1 Å². The zero-order chi connectivity index (χ0) is 19.8. The van der Waals surface area contributed by atoms with Gasteiger partial charge in [-0.2, -0.15) is 0 Å². The fourth-order valence-electron chi connectivity index (χ4n) is 3.77. The van der Waals surface area contributed by atoms with Crippen molar-refractivity contribution in [2.75, 3.05) is 45.2 Å². The number of nitrogens with one attached hydrogen (secondary N) is 1. The van der Waals surface area contributed by atoms with Crippen LogP contribution in [-0.4, -0.2) is 56.1 Å². The number of carbonyl (C=O) groups excluding carboxylic acids is 1. The summed E-state index contributed by atoms with van der Waals surface area (Å²) in [6, 6.07) is 14.7. The largest absolute Gasteiger partial charge is 0.371 e. The van der Waals surface area contributed by atoms with Gasteiger partial charge in [0, 0.05) is 31.5 Å². The molecule has 0 spiro atoms. The molecule has 5 nitrogen and oxygen atoms in total. The van der Waals surface area contributed by atoms with E-state index in [2.05, 4.69) is 50.4 Å². The Labute approximate surface area is 168 Å². The first kappa shape index (κ1) is 20.3. The number of aromatic nitrogens is 1. The third-order valence-electron chi connectivity index (χ3n) is 5.39. The van der Waals surface area contributed by atoms with Gasteiger partial charge in [0.15, 0.2) is 0 Å². The summed E-state index contributed by atoms with van der Waals surface area (Å²) in [5.41, 5.74) is 3.04. The maximum Gasteiger partial charge on any atom is 0.269 e. The van der Waals surface area contributed by atoms with Crippen LogP contribution >= 0.6 is 0 Å². The van der Waals surface area contributed by atoms with E-state index in [9.17, 15) is 4.79 Å². The summed E-state index contributed by atoms with van der Waals surface area (Å²) in [4.78, 5) is 21.1. The zero-order valence-corrected chi connectivity index (χ0v) is 17.1. The monoisotopic (exact) mass is 380 g/mol. The molecule has 1 N–H and O–H groups in total. The number of hydrogen-bond acceptors (Lipinski definition) is 4. The second kappa shape index (κ2) is 10.2. The zero-order valence-electron chi connectivity index (χ0n) is 17.1. The lowest BCUT2D eigenvalue weighted by molar-refractivity contribution is 0.0947. The lowest BCUT2D eigenvalue weighted by atomic mass is 9.90. The van der Waals surface area contributed by atoms with Crippen molar-refractivity contribution in [3.63, 3.8) is 0 Å². The van der Waals surface area contributed by atoms with E-state index in [1.54, 1.807) is 6.20 Å². The highest BCUT2D eigenvalue weighted by atomic mass is 16.1. The van der Waals surface area contributed by atoms with Crippen molar-refractivity contribution in [1.29, 1.82) is 0 Å². The predicted octanol–water partition coefficient (Wildman–Crippen LogP) is 3.22. The predicted molar refractivity (Wildman–Crippen MR) is 115 cm³/mol. The normalized spacial score (nSPS) is 15.0. The van der Waals surface area contributed by atoms with Gasteiger partial charge in [-0.05, 0) is 69.9 Å². The maximum atomic E-state index is 12.4. The second-order valence-corrected chi connectivity index (χ2v) is 7.93. The summed E-state index contributed by atoms with van der Waals surface area (Å²) in [5.74, 6) is 0.652. The van der Waals surface area contributed by atoms with Crippen LogP contribution in [0.5, 0.6) is 0 Å². The quantitative estimate of drug-likeness (QED) is 0.715. The smallest absolute Gasteiger partial charge is 0.269 e. The van der Waals surface area contributed by atoms with Crippen molar-refractivity contribution in [2.45, 2.75) is 25.7 Å². The molecule has 3 rings (SSSR count). The summed E-state index contributed by atoms with van der Waals surface area (Å²) in [5, 5.41) is 2.97. The van der Waals surface area contributed by atoms with Crippen LogP contribution < -0.4 is 10.2 Å². The molecule has 28 heavy (non-hydrogen) atoms. The van der Waals surface area contributed by atoms with Crippen LogP contribution in [0, 0.1) is 5.92 Å². The minimum absolute atomic E-state index is 0.0837. The van der Waals surface area contributed by atoms with E-state index >= 15 is 0 Å².